The molecule has 1 aromatic carbocycles. The Kier molecular flexibility index (Phi) is 5.14. The molecule has 0 N–H and O–H groups in total. The van der Waals surface area contributed by atoms with Crippen molar-refractivity contribution in [3.8, 4) is 17.1 Å². The van der Waals surface area contributed by atoms with Crippen LogP contribution in [0.3, 0.4) is 0 Å². The number of anilines is 1. The molecule has 5 rings (SSSR count). The lowest BCUT2D eigenvalue weighted by Gasteiger charge is -2.35. The number of hydrogen-bond acceptors (Lipinski definition) is 6. The van der Waals surface area contributed by atoms with Crippen LogP contribution in [0.5, 0.6) is 0 Å². The van der Waals surface area contributed by atoms with Crippen LogP contribution < -0.4 is 4.90 Å². The minimum Gasteiger partial charge on any atom is -0.353 e. The number of amides is 1. The van der Waals surface area contributed by atoms with Crippen molar-refractivity contribution in [1.82, 2.24) is 34.2 Å². The maximum absolute atomic E-state index is 13.2. The molecule has 9 heteroatoms. The third-order valence-electron chi connectivity index (χ3n) is 5.77. The van der Waals surface area contributed by atoms with Gasteiger partial charge >= 0.3 is 0 Å². The van der Waals surface area contributed by atoms with Crippen molar-refractivity contribution in [1.29, 1.82) is 0 Å². The number of imidazole rings is 1. The number of aryl methyl sites for hydroxylation is 2. The fourth-order valence-electron chi connectivity index (χ4n) is 3.98. The molecule has 1 fully saturated rings. The highest BCUT2D eigenvalue weighted by atomic mass is 16.2. The van der Waals surface area contributed by atoms with E-state index in [4.69, 9.17) is 0 Å². The maximum Gasteiger partial charge on any atom is 0.272 e. The molecule has 162 valence electrons. The van der Waals surface area contributed by atoms with Crippen LogP contribution in [-0.2, 0) is 7.05 Å². The summed E-state index contributed by atoms with van der Waals surface area (Å²) >= 11 is 0. The summed E-state index contributed by atoms with van der Waals surface area (Å²) in [6.45, 7) is 4.58. The largest absolute Gasteiger partial charge is 0.353 e. The molecule has 3 aromatic heterocycles. The van der Waals surface area contributed by atoms with E-state index in [1.54, 1.807) is 17.2 Å². The second kappa shape index (κ2) is 8.26. The fourth-order valence-corrected chi connectivity index (χ4v) is 3.98. The van der Waals surface area contributed by atoms with Crippen LogP contribution in [0.4, 0.5) is 5.82 Å². The highest BCUT2D eigenvalue weighted by Gasteiger charge is 2.25. The number of carbonyl (C=O) groups is 1. The third-order valence-corrected chi connectivity index (χ3v) is 5.77. The predicted octanol–water partition coefficient (Wildman–Crippen LogP) is 2.33. The molecule has 0 aliphatic carbocycles. The zero-order valence-corrected chi connectivity index (χ0v) is 18.1. The van der Waals surface area contributed by atoms with E-state index in [1.807, 2.05) is 72.1 Å². The minimum absolute atomic E-state index is 0.000696. The second-order valence-corrected chi connectivity index (χ2v) is 7.76. The Morgan fingerprint density at radius 3 is 2.41 bits per heavy atom. The SMILES string of the molecule is Cc1nccn1-c1cc(N2CCN(C(=O)c3cc(-c4ccccc4)nn3C)CC2)ncn1. The monoisotopic (exact) mass is 428 g/mol. The minimum atomic E-state index is -0.000696. The molecule has 9 nitrogen and oxygen atoms in total. The summed E-state index contributed by atoms with van der Waals surface area (Å²) in [4.78, 5) is 30.3. The first-order valence-electron chi connectivity index (χ1n) is 10.6. The van der Waals surface area contributed by atoms with Crippen LogP contribution in [0, 0.1) is 6.92 Å². The Morgan fingerprint density at radius 2 is 1.69 bits per heavy atom. The molecule has 1 saturated heterocycles. The van der Waals surface area contributed by atoms with E-state index >= 15 is 0 Å². The summed E-state index contributed by atoms with van der Waals surface area (Å²) in [6, 6.07) is 13.7. The van der Waals surface area contributed by atoms with Crippen molar-refractivity contribution in [2.24, 2.45) is 7.05 Å². The van der Waals surface area contributed by atoms with Crippen LogP contribution >= 0.6 is 0 Å². The molecule has 1 aliphatic rings. The standard InChI is InChI=1S/C23H24N8O/c1-17-24-8-9-31(17)22-15-21(25-16-26-22)29-10-12-30(13-11-29)23(32)20-14-19(27-28(20)2)18-6-4-3-5-7-18/h3-9,14-16H,10-13H2,1-2H3. The molecule has 32 heavy (non-hydrogen) atoms. The number of nitrogens with zero attached hydrogens (tertiary/aromatic N) is 8. The smallest absolute Gasteiger partial charge is 0.272 e. The van der Waals surface area contributed by atoms with Gasteiger partial charge in [-0.1, -0.05) is 30.3 Å². The first-order chi connectivity index (χ1) is 15.6. The van der Waals surface area contributed by atoms with Gasteiger partial charge in [0.15, 0.2) is 0 Å². The summed E-state index contributed by atoms with van der Waals surface area (Å²) in [7, 11) is 1.82. The Balaban J connectivity index is 1.28. The van der Waals surface area contributed by atoms with Gasteiger partial charge in [0.05, 0.1) is 5.69 Å². The summed E-state index contributed by atoms with van der Waals surface area (Å²) in [5, 5.41) is 4.53. The molecule has 0 spiro atoms. The van der Waals surface area contributed by atoms with Crippen LogP contribution in [-0.4, -0.2) is 66.3 Å². The van der Waals surface area contributed by atoms with Crippen LogP contribution in [0.15, 0.2) is 61.2 Å². The molecule has 0 atom stereocenters. The fraction of sp³-hybridized carbons (Fsp3) is 0.261. The molecule has 0 bridgehead atoms. The molecule has 0 unspecified atom stereocenters. The Hall–Kier alpha value is -4.01. The number of piperazine rings is 1. The number of benzene rings is 1. The van der Waals surface area contributed by atoms with E-state index < -0.39 is 0 Å². The molecule has 4 heterocycles. The van der Waals surface area contributed by atoms with E-state index in [9.17, 15) is 4.79 Å². The molecular weight excluding hydrogens is 404 g/mol. The van der Waals surface area contributed by atoms with Crippen molar-refractivity contribution < 1.29 is 4.79 Å². The Bertz CT molecular complexity index is 1240. The van der Waals surface area contributed by atoms with E-state index in [-0.39, 0.29) is 5.91 Å². The highest BCUT2D eigenvalue weighted by molar-refractivity contribution is 5.94. The van der Waals surface area contributed by atoms with Gasteiger partial charge < -0.3 is 9.80 Å². The summed E-state index contributed by atoms with van der Waals surface area (Å²) in [5.74, 6) is 2.50. The van der Waals surface area contributed by atoms with Crippen molar-refractivity contribution in [3.05, 3.63) is 72.7 Å². The van der Waals surface area contributed by atoms with Gasteiger partial charge in [0.2, 0.25) is 0 Å². The van der Waals surface area contributed by atoms with Gasteiger partial charge in [-0.15, -0.1) is 0 Å². The first kappa shape index (κ1) is 19.9. The zero-order valence-electron chi connectivity index (χ0n) is 18.1. The van der Waals surface area contributed by atoms with E-state index in [0.29, 0.717) is 31.9 Å². The van der Waals surface area contributed by atoms with Gasteiger partial charge in [-0.3, -0.25) is 14.0 Å². The molecule has 4 aromatic rings. The quantitative estimate of drug-likeness (QED) is 0.496. The molecule has 1 amide bonds. The van der Waals surface area contributed by atoms with Gasteiger partial charge in [-0.2, -0.15) is 5.10 Å². The van der Waals surface area contributed by atoms with Gasteiger partial charge in [0.25, 0.3) is 5.91 Å². The molecule has 1 aliphatic heterocycles. The van der Waals surface area contributed by atoms with Crippen LogP contribution in [0.2, 0.25) is 0 Å². The van der Waals surface area contributed by atoms with Crippen molar-refractivity contribution in [2.75, 3.05) is 31.1 Å². The number of carbonyl (C=O) groups excluding carboxylic acids is 1. The lowest BCUT2D eigenvalue weighted by molar-refractivity contribution is 0.0735. The Morgan fingerprint density at radius 1 is 0.938 bits per heavy atom. The Labute approximate surface area is 186 Å². The van der Waals surface area contributed by atoms with Gasteiger partial charge in [0.1, 0.15) is 29.5 Å². The third kappa shape index (κ3) is 3.73. The summed E-state index contributed by atoms with van der Waals surface area (Å²) in [6.07, 6.45) is 5.21. The average molecular weight is 429 g/mol. The highest BCUT2D eigenvalue weighted by Crippen LogP contribution is 2.21. The second-order valence-electron chi connectivity index (χ2n) is 7.76. The average Bonchev–Trinajstić information content (AvgIpc) is 3.45. The predicted molar refractivity (Wildman–Crippen MR) is 121 cm³/mol. The van der Waals surface area contributed by atoms with Gasteiger partial charge in [-0.05, 0) is 13.0 Å². The number of aromatic nitrogens is 6. The van der Waals surface area contributed by atoms with Crippen LogP contribution in [0.25, 0.3) is 17.1 Å². The van der Waals surface area contributed by atoms with Gasteiger partial charge in [0, 0.05) is 57.3 Å². The van der Waals surface area contributed by atoms with E-state index in [1.165, 1.54) is 0 Å². The lowest BCUT2D eigenvalue weighted by Crippen LogP contribution is -2.49. The van der Waals surface area contributed by atoms with E-state index in [2.05, 4.69) is 25.0 Å². The molecular formula is C23H24N8O. The van der Waals surface area contributed by atoms with E-state index in [0.717, 1.165) is 28.7 Å². The summed E-state index contributed by atoms with van der Waals surface area (Å²) in [5.41, 5.74) is 2.40. The normalized spacial score (nSPS) is 14.1. The summed E-state index contributed by atoms with van der Waals surface area (Å²) < 4.78 is 3.60. The van der Waals surface area contributed by atoms with Crippen molar-refractivity contribution in [3.63, 3.8) is 0 Å². The molecule has 0 saturated carbocycles. The van der Waals surface area contributed by atoms with Gasteiger partial charge in [-0.25, -0.2) is 15.0 Å². The topological polar surface area (TPSA) is 85.0 Å². The van der Waals surface area contributed by atoms with Crippen molar-refractivity contribution in [2.45, 2.75) is 6.92 Å². The molecule has 0 radical (unpaired) electrons. The lowest BCUT2D eigenvalue weighted by atomic mass is 10.1. The number of rotatable bonds is 4. The van der Waals surface area contributed by atoms with Crippen molar-refractivity contribution >= 4 is 11.7 Å². The first-order valence-corrected chi connectivity index (χ1v) is 10.6. The van der Waals surface area contributed by atoms with Crippen LogP contribution in [0.1, 0.15) is 16.3 Å². The maximum atomic E-state index is 13.2. The zero-order chi connectivity index (χ0) is 22.1. The number of hydrogen-bond donors (Lipinski definition) is 0.